The van der Waals surface area contributed by atoms with Crippen LogP contribution in [0, 0.1) is 13.8 Å². The van der Waals surface area contributed by atoms with Crippen molar-refractivity contribution in [1.29, 1.82) is 0 Å². The molecule has 0 N–H and O–H groups in total. The van der Waals surface area contributed by atoms with Gasteiger partial charge in [-0.15, -0.1) is 11.3 Å². The average Bonchev–Trinajstić information content (AvgIpc) is 2.64. The molecule has 2 aromatic carbocycles. The third-order valence-corrected chi connectivity index (χ3v) is 5.54. The fourth-order valence-corrected chi connectivity index (χ4v) is 3.96. The van der Waals surface area contributed by atoms with Gasteiger partial charge in [-0.2, -0.15) is 0 Å². The molecule has 1 aliphatic heterocycles. The molecule has 1 heterocycles. The van der Waals surface area contributed by atoms with Crippen LogP contribution in [0.3, 0.4) is 0 Å². The van der Waals surface area contributed by atoms with E-state index in [1.54, 1.807) is 17.4 Å². The van der Waals surface area contributed by atoms with E-state index in [-0.39, 0.29) is 5.43 Å². The van der Waals surface area contributed by atoms with Crippen molar-refractivity contribution < 1.29 is 4.74 Å². The molecular weight excluding hydrogens is 330 g/mol. The van der Waals surface area contributed by atoms with Crippen molar-refractivity contribution in [3.63, 3.8) is 0 Å². The van der Waals surface area contributed by atoms with Crippen LogP contribution in [0.2, 0.25) is 0 Å². The maximum Gasteiger partial charge on any atom is 0.183 e. The van der Waals surface area contributed by atoms with Crippen LogP contribution in [0.25, 0.3) is 20.8 Å². The van der Waals surface area contributed by atoms with Gasteiger partial charge in [0.05, 0.1) is 20.8 Å². The van der Waals surface area contributed by atoms with Gasteiger partial charge in [0, 0.05) is 11.6 Å². The molecule has 1 aliphatic carbocycles. The molecule has 0 atom stereocenters. The lowest BCUT2D eigenvalue weighted by Gasteiger charge is -2.12. The van der Waals surface area contributed by atoms with E-state index in [1.165, 1.54) is 0 Å². The summed E-state index contributed by atoms with van der Waals surface area (Å²) in [4.78, 5) is 17.8. The summed E-state index contributed by atoms with van der Waals surface area (Å²) in [6.07, 6.45) is 0. The topological polar surface area (TPSA) is 39.2 Å². The van der Waals surface area contributed by atoms with Crippen LogP contribution in [0.4, 0.5) is 0 Å². The van der Waals surface area contributed by atoms with E-state index in [9.17, 15) is 4.79 Å². The summed E-state index contributed by atoms with van der Waals surface area (Å²) in [6, 6.07) is 17.7. The minimum atomic E-state index is 0.0743. The SMILES string of the molecule is Cc1cc(=O)c(C)c2sc3ccc(OCc4ccccc4)cc3nc1-2. The van der Waals surface area contributed by atoms with E-state index < -0.39 is 0 Å². The van der Waals surface area contributed by atoms with E-state index in [4.69, 9.17) is 9.72 Å². The van der Waals surface area contributed by atoms with Crippen molar-refractivity contribution >= 4 is 21.6 Å². The lowest BCUT2D eigenvalue weighted by atomic mass is 10.1. The Balaban J connectivity index is 1.74. The van der Waals surface area contributed by atoms with Gasteiger partial charge < -0.3 is 4.74 Å². The molecule has 4 rings (SSSR count). The Hall–Kier alpha value is -2.72. The highest BCUT2D eigenvalue weighted by Crippen LogP contribution is 2.35. The highest BCUT2D eigenvalue weighted by molar-refractivity contribution is 7.21. The Morgan fingerprint density at radius 2 is 1.84 bits per heavy atom. The van der Waals surface area contributed by atoms with Gasteiger partial charge in [-0.3, -0.25) is 4.79 Å². The molecule has 0 saturated heterocycles. The van der Waals surface area contributed by atoms with Crippen LogP contribution >= 0.6 is 11.3 Å². The van der Waals surface area contributed by atoms with Crippen molar-refractivity contribution in [3.8, 4) is 16.3 Å². The Morgan fingerprint density at radius 3 is 2.64 bits per heavy atom. The summed E-state index contributed by atoms with van der Waals surface area (Å²) in [6.45, 7) is 4.33. The van der Waals surface area contributed by atoms with E-state index in [0.29, 0.717) is 6.61 Å². The van der Waals surface area contributed by atoms with Crippen LogP contribution in [-0.2, 0) is 6.61 Å². The second-order valence-electron chi connectivity index (χ2n) is 6.11. The van der Waals surface area contributed by atoms with E-state index in [2.05, 4.69) is 0 Å². The molecular formula is C21H17NO2S. The second kappa shape index (κ2) is 6.30. The minimum Gasteiger partial charge on any atom is -0.489 e. The monoisotopic (exact) mass is 347 g/mol. The number of aromatic nitrogens is 1. The molecule has 0 amide bonds. The molecule has 4 heteroatoms. The molecule has 25 heavy (non-hydrogen) atoms. The van der Waals surface area contributed by atoms with E-state index >= 15 is 0 Å². The molecule has 2 aromatic rings. The third kappa shape index (κ3) is 3.01. The van der Waals surface area contributed by atoms with Crippen LogP contribution < -0.4 is 10.2 Å². The fraction of sp³-hybridized carbons (Fsp3) is 0.143. The van der Waals surface area contributed by atoms with Crippen LogP contribution in [-0.4, -0.2) is 4.98 Å². The second-order valence-corrected chi connectivity index (χ2v) is 7.16. The summed E-state index contributed by atoms with van der Waals surface area (Å²) in [5, 5.41) is 0. The van der Waals surface area contributed by atoms with Gasteiger partial charge in [0.1, 0.15) is 12.4 Å². The Labute approximate surface area is 149 Å². The molecule has 0 radical (unpaired) electrons. The van der Waals surface area contributed by atoms with Crippen molar-refractivity contribution in [2.75, 3.05) is 0 Å². The zero-order valence-corrected chi connectivity index (χ0v) is 14.9. The highest BCUT2D eigenvalue weighted by atomic mass is 32.1. The quantitative estimate of drug-likeness (QED) is 0.492. The number of nitrogens with zero attached hydrogens (tertiary/aromatic N) is 1. The lowest BCUT2D eigenvalue weighted by Crippen LogP contribution is -2.08. The van der Waals surface area contributed by atoms with Crippen LogP contribution in [0.5, 0.6) is 5.75 Å². The molecule has 0 bridgehead atoms. The van der Waals surface area contributed by atoms with Gasteiger partial charge in [-0.1, -0.05) is 30.3 Å². The number of hydrogen-bond acceptors (Lipinski definition) is 4. The van der Waals surface area contributed by atoms with Crippen molar-refractivity contribution in [3.05, 3.63) is 81.5 Å². The van der Waals surface area contributed by atoms with Gasteiger partial charge in [0.25, 0.3) is 0 Å². The summed E-state index contributed by atoms with van der Waals surface area (Å²) < 4.78 is 6.95. The zero-order chi connectivity index (χ0) is 17.4. The number of fused-ring (bicyclic) bond motifs is 2. The molecule has 0 fully saturated rings. The summed E-state index contributed by atoms with van der Waals surface area (Å²) >= 11 is 1.61. The molecule has 2 aliphatic rings. The molecule has 0 saturated carbocycles. The van der Waals surface area contributed by atoms with Gasteiger partial charge in [-0.05, 0) is 43.2 Å². The first kappa shape index (κ1) is 15.8. The van der Waals surface area contributed by atoms with E-state index in [1.807, 2.05) is 62.4 Å². The predicted molar refractivity (Wildman–Crippen MR) is 103 cm³/mol. The number of ether oxygens (including phenoxy) is 1. The van der Waals surface area contributed by atoms with Crippen molar-refractivity contribution in [2.24, 2.45) is 0 Å². The normalized spacial score (nSPS) is 11.1. The van der Waals surface area contributed by atoms with Crippen molar-refractivity contribution in [2.45, 2.75) is 20.5 Å². The van der Waals surface area contributed by atoms with Gasteiger partial charge in [0.2, 0.25) is 0 Å². The average molecular weight is 347 g/mol. The first-order chi connectivity index (χ1) is 12.1. The number of benzene rings is 3. The largest absolute Gasteiger partial charge is 0.489 e. The van der Waals surface area contributed by atoms with Gasteiger partial charge in [-0.25, -0.2) is 4.98 Å². The standard InChI is InChI=1S/C21H17NO2S/c1-13-10-18(23)14(2)21-20(13)22-17-11-16(8-9-19(17)25-21)24-12-15-6-4-3-5-7-15/h3-11H,12H2,1-2H3. The maximum absolute atomic E-state index is 12.0. The molecule has 3 nitrogen and oxygen atoms in total. The first-order valence-electron chi connectivity index (χ1n) is 8.13. The zero-order valence-electron chi connectivity index (χ0n) is 14.1. The molecule has 0 spiro atoms. The van der Waals surface area contributed by atoms with Crippen LogP contribution in [0.15, 0.2) is 59.4 Å². The number of hydrogen-bond donors (Lipinski definition) is 0. The lowest BCUT2D eigenvalue weighted by molar-refractivity contribution is 0.306. The maximum atomic E-state index is 12.0. The summed E-state index contributed by atoms with van der Waals surface area (Å²) in [5.74, 6) is 0.797. The first-order valence-corrected chi connectivity index (χ1v) is 8.95. The number of aryl methyl sites for hydroxylation is 1. The van der Waals surface area contributed by atoms with E-state index in [0.717, 1.165) is 43.2 Å². The molecule has 0 aromatic heterocycles. The smallest absolute Gasteiger partial charge is 0.183 e. The van der Waals surface area contributed by atoms with Crippen LogP contribution in [0.1, 0.15) is 16.7 Å². The molecule has 124 valence electrons. The summed E-state index contributed by atoms with van der Waals surface area (Å²) in [7, 11) is 0. The molecule has 0 unspecified atom stereocenters. The Morgan fingerprint density at radius 1 is 1.04 bits per heavy atom. The van der Waals surface area contributed by atoms with Gasteiger partial charge >= 0.3 is 0 Å². The Kier molecular flexibility index (Phi) is 3.98. The predicted octanol–water partition coefficient (Wildman–Crippen LogP) is 4.96. The van der Waals surface area contributed by atoms with Gasteiger partial charge in [0.15, 0.2) is 5.43 Å². The van der Waals surface area contributed by atoms with Crippen molar-refractivity contribution in [1.82, 2.24) is 4.98 Å². The fourth-order valence-electron chi connectivity index (χ4n) is 2.84. The Bertz CT molecular complexity index is 1090. The number of rotatable bonds is 3. The summed E-state index contributed by atoms with van der Waals surface area (Å²) in [5.41, 5.74) is 4.68. The third-order valence-electron chi connectivity index (χ3n) is 4.27. The highest BCUT2D eigenvalue weighted by Gasteiger charge is 2.15. The minimum absolute atomic E-state index is 0.0743.